The van der Waals surface area contributed by atoms with Crippen molar-refractivity contribution in [2.75, 3.05) is 20.1 Å². The van der Waals surface area contributed by atoms with Crippen LogP contribution in [0.1, 0.15) is 11.1 Å². The normalized spacial score (nSPS) is 19.2. The van der Waals surface area contributed by atoms with Gasteiger partial charge in [-0.25, -0.2) is 8.78 Å². The molecule has 1 aromatic heterocycles. The van der Waals surface area contributed by atoms with Crippen molar-refractivity contribution in [1.82, 2.24) is 9.88 Å². The summed E-state index contributed by atoms with van der Waals surface area (Å²) in [7, 11) is 1.89. The Labute approximate surface area is 138 Å². The molecular weight excluding hydrogens is 310 g/mol. The van der Waals surface area contributed by atoms with Gasteiger partial charge in [-0.05, 0) is 49.0 Å². The summed E-state index contributed by atoms with van der Waals surface area (Å²) in [5.41, 5.74) is 2.20. The van der Waals surface area contributed by atoms with Crippen LogP contribution in [0.15, 0.2) is 53.9 Å². The standard InChI is InChI=1S/C19H16F2N2O/c1-23-11-15(8-13-4-6-22-7-5-13)19(24)16(12-23)9-14-2-3-17(20)10-18(14)21/h2-10H,11-12H2,1H3/b15-8+,16-9+. The van der Waals surface area contributed by atoms with Gasteiger partial charge in [0.15, 0.2) is 5.78 Å². The number of halogens is 2. The smallest absolute Gasteiger partial charge is 0.187 e. The lowest BCUT2D eigenvalue weighted by Crippen LogP contribution is -2.34. The molecule has 3 rings (SSSR count). The first-order valence-electron chi connectivity index (χ1n) is 7.52. The summed E-state index contributed by atoms with van der Waals surface area (Å²) in [5, 5.41) is 0. The van der Waals surface area contributed by atoms with Gasteiger partial charge >= 0.3 is 0 Å². The van der Waals surface area contributed by atoms with Crippen LogP contribution in [0, 0.1) is 11.6 Å². The third kappa shape index (κ3) is 3.63. The first-order valence-corrected chi connectivity index (χ1v) is 7.52. The molecular formula is C19H16F2N2O. The summed E-state index contributed by atoms with van der Waals surface area (Å²) in [4.78, 5) is 18.6. The monoisotopic (exact) mass is 326 g/mol. The SMILES string of the molecule is CN1C/C(=C\c2ccncc2)C(=O)/C(=C/c2ccc(F)cc2F)C1. The second kappa shape index (κ2) is 6.84. The number of carbonyl (C=O) groups excluding carboxylic acids is 1. The topological polar surface area (TPSA) is 33.2 Å². The zero-order valence-electron chi connectivity index (χ0n) is 13.2. The molecule has 0 atom stereocenters. The fourth-order valence-corrected chi connectivity index (χ4v) is 2.68. The van der Waals surface area contributed by atoms with Crippen molar-refractivity contribution >= 4 is 17.9 Å². The number of hydrogen-bond acceptors (Lipinski definition) is 3. The predicted octanol–water partition coefficient (Wildman–Crippen LogP) is 3.34. The van der Waals surface area contributed by atoms with Crippen LogP contribution in [0.2, 0.25) is 0 Å². The molecule has 3 nitrogen and oxygen atoms in total. The van der Waals surface area contributed by atoms with E-state index in [2.05, 4.69) is 4.98 Å². The highest BCUT2D eigenvalue weighted by atomic mass is 19.1. The van der Waals surface area contributed by atoms with Gasteiger partial charge in [0.1, 0.15) is 11.6 Å². The summed E-state index contributed by atoms with van der Waals surface area (Å²) in [6.45, 7) is 0.938. The summed E-state index contributed by atoms with van der Waals surface area (Å²) < 4.78 is 26.9. The van der Waals surface area contributed by atoms with Gasteiger partial charge in [0.2, 0.25) is 0 Å². The molecule has 1 aliphatic rings. The number of hydrogen-bond donors (Lipinski definition) is 0. The van der Waals surface area contributed by atoms with Gasteiger partial charge in [0.05, 0.1) is 0 Å². The summed E-state index contributed by atoms with van der Waals surface area (Å²) in [5.74, 6) is -1.43. The first-order chi connectivity index (χ1) is 11.5. The third-order valence-corrected chi connectivity index (χ3v) is 3.80. The number of benzene rings is 1. The highest BCUT2D eigenvalue weighted by Crippen LogP contribution is 2.22. The molecule has 122 valence electrons. The van der Waals surface area contributed by atoms with Gasteiger partial charge in [-0.15, -0.1) is 0 Å². The minimum absolute atomic E-state index is 0.117. The van der Waals surface area contributed by atoms with Crippen molar-refractivity contribution in [2.45, 2.75) is 0 Å². The number of nitrogens with zero attached hydrogens (tertiary/aromatic N) is 2. The van der Waals surface area contributed by atoms with Crippen molar-refractivity contribution in [3.8, 4) is 0 Å². The number of piperidine rings is 1. The van der Waals surface area contributed by atoms with Crippen LogP contribution >= 0.6 is 0 Å². The number of carbonyl (C=O) groups is 1. The Balaban J connectivity index is 1.95. The number of Topliss-reactive ketones (excluding diaryl/α,β-unsaturated/α-hetero) is 1. The van der Waals surface area contributed by atoms with Crippen molar-refractivity contribution in [3.05, 3.63) is 76.6 Å². The number of rotatable bonds is 2. The molecule has 1 aliphatic heterocycles. The van der Waals surface area contributed by atoms with Gasteiger partial charge in [-0.2, -0.15) is 0 Å². The molecule has 1 saturated heterocycles. The summed E-state index contributed by atoms with van der Waals surface area (Å²) in [6, 6.07) is 6.97. The Morgan fingerprint density at radius 3 is 2.38 bits per heavy atom. The van der Waals surface area contributed by atoms with E-state index >= 15 is 0 Å². The molecule has 24 heavy (non-hydrogen) atoms. The Morgan fingerprint density at radius 1 is 1.04 bits per heavy atom. The summed E-state index contributed by atoms with van der Waals surface area (Å²) >= 11 is 0. The zero-order chi connectivity index (χ0) is 17.1. The quantitative estimate of drug-likeness (QED) is 0.794. The van der Waals surface area contributed by atoms with Crippen molar-refractivity contribution in [3.63, 3.8) is 0 Å². The molecule has 0 N–H and O–H groups in total. The maximum absolute atomic E-state index is 13.8. The molecule has 0 spiro atoms. The lowest BCUT2D eigenvalue weighted by Gasteiger charge is -2.26. The van der Waals surface area contributed by atoms with Gasteiger partial charge in [0.25, 0.3) is 0 Å². The largest absolute Gasteiger partial charge is 0.298 e. The van der Waals surface area contributed by atoms with Crippen molar-refractivity contribution in [2.24, 2.45) is 0 Å². The third-order valence-electron chi connectivity index (χ3n) is 3.80. The van der Waals surface area contributed by atoms with Crippen molar-refractivity contribution < 1.29 is 13.6 Å². The number of pyridine rings is 1. The number of aromatic nitrogens is 1. The maximum atomic E-state index is 13.8. The zero-order valence-corrected chi connectivity index (χ0v) is 13.2. The van der Waals surface area contributed by atoms with E-state index in [9.17, 15) is 13.6 Å². The van der Waals surface area contributed by atoms with E-state index < -0.39 is 11.6 Å². The van der Waals surface area contributed by atoms with Crippen LogP contribution in [0.4, 0.5) is 8.78 Å². The lowest BCUT2D eigenvalue weighted by atomic mass is 9.94. The summed E-state index contributed by atoms with van der Waals surface area (Å²) in [6.07, 6.45) is 6.63. The molecule has 1 fully saturated rings. The molecule has 0 aliphatic carbocycles. The molecule has 0 bridgehead atoms. The Morgan fingerprint density at radius 2 is 1.71 bits per heavy atom. The predicted molar refractivity (Wildman–Crippen MR) is 89.1 cm³/mol. The lowest BCUT2D eigenvalue weighted by molar-refractivity contribution is -0.113. The average Bonchev–Trinajstić information content (AvgIpc) is 2.55. The van der Waals surface area contributed by atoms with E-state index in [-0.39, 0.29) is 11.3 Å². The molecule has 1 aromatic carbocycles. The number of ketones is 1. The van der Waals surface area contributed by atoms with E-state index in [1.807, 2.05) is 30.2 Å². The fraction of sp³-hybridized carbons (Fsp3) is 0.158. The van der Waals surface area contributed by atoms with E-state index in [1.54, 1.807) is 12.4 Å². The van der Waals surface area contributed by atoms with E-state index in [4.69, 9.17) is 0 Å². The van der Waals surface area contributed by atoms with Crippen LogP contribution in [-0.4, -0.2) is 35.8 Å². The fourth-order valence-electron chi connectivity index (χ4n) is 2.68. The molecule has 2 aromatic rings. The molecule has 0 saturated carbocycles. The van der Waals surface area contributed by atoms with Crippen molar-refractivity contribution in [1.29, 1.82) is 0 Å². The molecule has 0 radical (unpaired) electrons. The Hall–Kier alpha value is -2.66. The molecule has 2 heterocycles. The van der Waals surface area contributed by atoms with E-state index in [0.29, 0.717) is 24.2 Å². The molecule has 0 unspecified atom stereocenters. The van der Waals surface area contributed by atoms with Crippen LogP contribution in [0.25, 0.3) is 12.2 Å². The number of likely N-dealkylation sites (tertiary alicyclic amines) is 1. The van der Waals surface area contributed by atoms with Crippen LogP contribution < -0.4 is 0 Å². The minimum atomic E-state index is -0.678. The van der Waals surface area contributed by atoms with Gasteiger partial charge < -0.3 is 0 Å². The van der Waals surface area contributed by atoms with Gasteiger partial charge in [-0.1, -0.05) is 0 Å². The Kier molecular flexibility index (Phi) is 4.62. The first kappa shape index (κ1) is 16.2. The minimum Gasteiger partial charge on any atom is -0.298 e. The van der Waals surface area contributed by atoms with E-state index in [0.717, 1.165) is 11.6 Å². The van der Waals surface area contributed by atoms with Crippen LogP contribution in [0.5, 0.6) is 0 Å². The molecule has 5 heteroatoms. The number of likely N-dealkylation sites (N-methyl/N-ethyl adjacent to an activating group) is 1. The van der Waals surface area contributed by atoms with Crippen LogP contribution in [0.3, 0.4) is 0 Å². The highest BCUT2D eigenvalue weighted by molar-refractivity contribution is 6.14. The second-order valence-electron chi connectivity index (χ2n) is 5.79. The van der Waals surface area contributed by atoms with Gasteiger partial charge in [0, 0.05) is 48.3 Å². The van der Waals surface area contributed by atoms with Gasteiger partial charge in [-0.3, -0.25) is 14.7 Å². The molecule has 0 amide bonds. The van der Waals surface area contributed by atoms with Crippen LogP contribution in [-0.2, 0) is 4.79 Å². The van der Waals surface area contributed by atoms with E-state index in [1.165, 1.54) is 18.2 Å². The highest BCUT2D eigenvalue weighted by Gasteiger charge is 2.24. The maximum Gasteiger partial charge on any atom is 0.187 e. The average molecular weight is 326 g/mol. The second-order valence-corrected chi connectivity index (χ2v) is 5.79. The Bertz CT molecular complexity index is 829.